The second-order valence-electron chi connectivity index (χ2n) is 2.87. The minimum absolute atomic E-state index is 0.204. The molecule has 0 saturated heterocycles. The predicted molar refractivity (Wildman–Crippen MR) is 43.6 cm³/mol. The van der Waals surface area contributed by atoms with Crippen LogP contribution in [0.2, 0.25) is 0 Å². The number of carbonyl (C=O) groups is 1. The van der Waals surface area contributed by atoms with E-state index in [0.717, 1.165) is 0 Å². The van der Waals surface area contributed by atoms with Crippen LogP contribution in [0.3, 0.4) is 0 Å². The molecule has 0 saturated carbocycles. The van der Waals surface area contributed by atoms with Crippen LogP contribution in [0, 0.1) is 0 Å². The summed E-state index contributed by atoms with van der Waals surface area (Å²) in [6, 6.07) is 0. The molecule has 4 heteroatoms. The lowest BCUT2D eigenvalue weighted by molar-refractivity contribution is -0.167. The Morgan fingerprint density at radius 2 is 2.08 bits per heavy atom. The molecule has 0 fully saturated rings. The Kier molecular flexibility index (Phi) is 4.20. The molecule has 0 heterocycles. The number of rotatable bonds is 4. The highest BCUT2D eigenvalue weighted by Gasteiger charge is 2.35. The van der Waals surface area contributed by atoms with Gasteiger partial charge in [-0.1, -0.05) is 6.92 Å². The van der Waals surface area contributed by atoms with Gasteiger partial charge in [-0.15, -0.1) is 0 Å². The molecule has 72 valence electrons. The molecular formula is C8H16O4. The van der Waals surface area contributed by atoms with Crippen molar-refractivity contribution in [1.29, 1.82) is 0 Å². The minimum atomic E-state index is -1.46. The fourth-order valence-electron chi connectivity index (χ4n) is 0.668. The van der Waals surface area contributed by atoms with Gasteiger partial charge in [0.15, 0.2) is 6.10 Å². The maximum atomic E-state index is 10.9. The Morgan fingerprint density at radius 3 is 2.42 bits per heavy atom. The number of hydrogen-bond donors (Lipinski definition) is 2. The summed E-state index contributed by atoms with van der Waals surface area (Å²) in [5.41, 5.74) is -1.40. The maximum absolute atomic E-state index is 10.9. The van der Waals surface area contributed by atoms with Crippen molar-refractivity contribution >= 4 is 5.97 Å². The summed E-state index contributed by atoms with van der Waals surface area (Å²) in [4.78, 5) is 10.9. The van der Waals surface area contributed by atoms with Crippen LogP contribution in [0.1, 0.15) is 27.2 Å². The Labute approximate surface area is 72.2 Å². The third kappa shape index (κ3) is 2.79. The Balaban J connectivity index is 4.17. The van der Waals surface area contributed by atoms with Crippen LogP contribution in [0.4, 0.5) is 0 Å². The van der Waals surface area contributed by atoms with E-state index in [1.54, 1.807) is 13.8 Å². The zero-order valence-corrected chi connectivity index (χ0v) is 7.70. The van der Waals surface area contributed by atoms with E-state index in [1.165, 1.54) is 6.92 Å². The Bertz CT molecular complexity index is 153. The van der Waals surface area contributed by atoms with E-state index in [-0.39, 0.29) is 6.61 Å². The monoisotopic (exact) mass is 176 g/mol. The highest BCUT2D eigenvalue weighted by atomic mass is 16.5. The summed E-state index contributed by atoms with van der Waals surface area (Å²) in [5.74, 6) is -0.774. The van der Waals surface area contributed by atoms with E-state index in [9.17, 15) is 15.0 Å². The van der Waals surface area contributed by atoms with Crippen LogP contribution in [-0.4, -0.2) is 34.5 Å². The first-order valence-corrected chi connectivity index (χ1v) is 4.02. The molecule has 2 N–H and O–H groups in total. The van der Waals surface area contributed by atoms with Crippen molar-refractivity contribution in [3.63, 3.8) is 0 Å². The standard InChI is InChI=1S/C8H16O4/c1-4-8(3,11)6(9)7(10)12-5-2/h6,9,11H,4-5H2,1-3H3/t6-,8-/m0/s1. The fourth-order valence-corrected chi connectivity index (χ4v) is 0.668. The first kappa shape index (κ1) is 11.4. The lowest BCUT2D eigenvalue weighted by Gasteiger charge is -2.25. The van der Waals surface area contributed by atoms with Gasteiger partial charge < -0.3 is 14.9 Å². The largest absolute Gasteiger partial charge is 0.464 e. The van der Waals surface area contributed by atoms with Gasteiger partial charge in [-0.05, 0) is 20.3 Å². The van der Waals surface area contributed by atoms with E-state index >= 15 is 0 Å². The molecule has 0 aliphatic carbocycles. The van der Waals surface area contributed by atoms with Crippen molar-refractivity contribution in [2.45, 2.75) is 38.9 Å². The average molecular weight is 176 g/mol. The van der Waals surface area contributed by atoms with Crippen molar-refractivity contribution in [2.75, 3.05) is 6.61 Å². The van der Waals surface area contributed by atoms with Gasteiger partial charge in [-0.25, -0.2) is 4.79 Å². The van der Waals surface area contributed by atoms with Crippen molar-refractivity contribution in [1.82, 2.24) is 0 Å². The van der Waals surface area contributed by atoms with Crippen LogP contribution in [0.25, 0.3) is 0 Å². The number of carbonyl (C=O) groups excluding carboxylic acids is 1. The van der Waals surface area contributed by atoms with Crippen molar-refractivity contribution in [2.24, 2.45) is 0 Å². The molecule has 0 aromatic heterocycles. The number of hydrogen-bond acceptors (Lipinski definition) is 4. The summed E-state index contributed by atoms with van der Waals surface area (Å²) in [6.45, 7) is 4.93. The molecule has 12 heavy (non-hydrogen) atoms. The zero-order chi connectivity index (χ0) is 9.78. The van der Waals surface area contributed by atoms with Gasteiger partial charge in [0.05, 0.1) is 12.2 Å². The SMILES string of the molecule is CCOC(=O)[C@H](O)[C@@](C)(O)CC. The molecule has 0 aromatic rings. The first-order valence-electron chi connectivity index (χ1n) is 4.02. The average Bonchev–Trinajstić information content (AvgIpc) is 2.03. The second kappa shape index (κ2) is 4.42. The number of ether oxygens (including phenoxy) is 1. The molecule has 0 aliphatic rings. The molecule has 2 atom stereocenters. The molecule has 4 nitrogen and oxygen atoms in total. The minimum Gasteiger partial charge on any atom is -0.464 e. The number of aliphatic hydroxyl groups is 2. The molecule has 0 radical (unpaired) electrons. The second-order valence-corrected chi connectivity index (χ2v) is 2.87. The summed E-state index contributed by atoms with van der Waals surface area (Å²) in [6.07, 6.45) is -1.16. The highest BCUT2D eigenvalue weighted by Crippen LogP contribution is 2.15. The van der Waals surface area contributed by atoms with E-state index in [2.05, 4.69) is 4.74 Å². The topological polar surface area (TPSA) is 66.8 Å². The van der Waals surface area contributed by atoms with E-state index in [0.29, 0.717) is 6.42 Å². The number of aliphatic hydroxyl groups excluding tert-OH is 1. The first-order chi connectivity index (χ1) is 5.45. The summed E-state index contributed by atoms with van der Waals surface area (Å²) in [7, 11) is 0. The zero-order valence-electron chi connectivity index (χ0n) is 7.70. The van der Waals surface area contributed by atoms with Crippen LogP contribution in [0.5, 0.6) is 0 Å². The summed E-state index contributed by atoms with van der Waals surface area (Å²) in [5, 5.41) is 18.7. The smallest absolute Gasteiger partial charge is 0.337 e. The lowest BCUT2D eigenvalue weighted by atomic mass is 9.96. The number of esters is 1. The molecule has 0 bridgehead atoms. The van der Waals surface area contributed by atoms with Crippen LogP contribution < -0.4 is 0 Å². The van der Waals surface area contributed by atoms with Gasteiger partial charge in [0.25, 0.3) is 0 Å². The quantitative estimate of drug-likeness (QED) is 0.595. The van der Waals surface area contributed by atoms with Gasteiger partial charge in [0.2, 0.25) is 0 Å². The van der Waals surface area contributed by atoms with E-state index in [4.69, 9.17) is 0 Å². The van der Waals surface area contributed by atoms with Crippen molar-refractivity contribution in [3.8, 4) is 0 Å². The van der Waals surface area contributed by atoms with E-state index in [1.807, 2.05) is 0 Å². The van der Waals surface area contributed by atoms with Crippen molar-refractivity contribution in [3.05, 3.63) is 0 Å². The molecule has 0 aliphatic heterocycles. The normalized spacial score (nSPS) is 18.1. The van der Waals surface area contributed by atoms with E-state index < -0.39 is 17.7 Å². The molecular weight excluding hydrogens is 160 g/mol. The fraction of sp³-hybridized carbons (Fsp3) is 0.875. The molecule has 0 aromatic carbocycles. The van der Waals surface area contributed by atoms with Crippen LogP contribution >= 0.6 is 0 Å². The maximum Gasteiger partial charge on any atom is 0.337 e. The highest BCUT2D eigenvalue weighted by molar-refractivity contribution is 5.75. The van der Waals surface area contributed by atoms with Gasteiger partial charge in [0, 0.05) is 0 Å². The van der Waals surface area contributed by atoms with Crippen molar-refractivity contribution < 1.29 is 19.7 Å². The van der Waals surface area contributed by atoms with Crippen LogP contribution in [-0.2, 0) is 9.53 Å². The molecule has 0 amide bonds. The molecule has 0 unspecified atom stereocenters. The Morgan fingerprint density at radius 1 is 1.58 bits per heavy atom. The summed E-state index contributed by atoms with van der Waals surface area (Å²) >= 11 is 0. The molecule has 0 rings (SSSR count). The van der Waals surface area contributed by atoms with Gasteiger partial charge in [0.1, 0.15) is 0 Å². The third-order valence-corrected chi connectivity index (χ3v) is 1.81. The molecule has 0 spiro atoms. The summed E-state index contributed by atoms with van der Waals surface area (Å²) < 4.78 is 4.54. The predicted octanol–water partition coefficient (Wildman–Crippen LogP) is 0.0714. The third-order valence-electron chi connectivity index (χ3n) is 1.81. The van der Waals surface area contributed by atoms with Gasteiger partial charge in [-0.3, -0.25) is 0 Å². The van der Waals surface area contributed by atoms with Gasteiger partial charge >= 0.3 is 5.97 Å². The lowest BCUT2D eigenvalue weighted by Crippen LogP contribution is -2.44. The Hall–Kier alpha value is -0.610. The van der Waals surface area contributed by atoms with Gasteiger partial charge in [-0.2, -0.15) is 0 Å². The van der Waals surface area contributed by atoms with Crippen LogP contribution in [0.15, 0.2) is 0 Å².